The summed E-state index contributed by atoms with van der Waals surface area (Å²) in [6, 6.07) is 0. The fourth-order valence-corrected chi connectivity index (χ4v) is 2.20. The lowest BCUT2D eigenvalue weighted by atomic mass is 10.1. The molecular formula is C17H30O2. The van der Waals surface area contributed by atoms with Crippen LogP contribution in [0.2, 0.25) is 0 Å². The largest absolute Gasteiger partial charge is 0.353 e. The van der Waals surface area contributed by atoms with E-state index in [1.165, 1.54) is 51.4 Å². The van der Waals surface area contributed by atoms with Crippen LogP contribution in [-0.4, -0.2) is 19.5 Å². The van der Waals surface area contributed by atoms with E-state index in [2.05, 4.69) is 18.8 Å². The maximum Gasteiger partial charge on any atom is 0.157 e. The molecule has 19 heavy (non-hydrogen) atoms. The summed E-state index contributed by atoms with van der Waals surface area (Å²) in [6.45, 7) is 3.92. The Kier molecular flexibility index (Phi) is 10.9. The van der Waals surface area contributed by atoms with Gasteiger partial charge in [-0.1, -0.05) is 26.2 Å². The summed E-state index contributed by atoms with van der Waals surface area (Å²) in [6.07, 6.45) is 13.2. The number of hydrogen-bond acceptors (Lipinski definition) is 2. The van der Waals surface area contributed by atoms with Crippen molar-refractivity contribution in [3.63, 3.8) is 0 Å². The third-order valence-electron chi connectivity index (χ3n) is 3.39. The topological polar surface area (TPSA) is 18.5 Å². The standard InChI is InChI=1S/C17H30O2/c1-2-3-4-5-6-7-8-9-10-12-15-18-17-14-11-13-16-19-17/h17H,2-3,6-16H2,1H3. The van der Waals surface area contributed by atoms with E-state index < -0.39 is 0 Å². The molecule has 1 rings (SSSR count). The highest BCUT2D eigenvalue weighted by Crippen LogP contribution is 2.14. The fraction of sp³-hybridized carbons (Fsp3) is 0.882. The fourth-order valence-electron chi connectivity index (χ4n) is 2.20. The van der Waals surface area contributed by atoms with E-state index in [1.54, 1.807) is 0 Å². The molecule has 1 aliphatic rings. The average Bonchev–Trinajstić information content (AvgIpc) is 2.46. The van der Waals surface area contributed by atoms with Crippen molar-refractivity contribution in [3.8, 4) is 11.8 Å². The second-order valence-electron chi connectivity index (χ2n) is 5.29. The van der Waals surface area contributed by atoms with Crippen LogP contribution in [0.25, 0.3) is 0 Å². The summed E-state index contributed by atoms with van der Waals surface area (Å²) in [5, 5.41) is 0. The molecule has 1 aliphatic heterocycles. The molecule has 0 bridgehead atoms. The summed E-state index contributed by atoms with van der Waals surface area (Å²) in [5.74, 6) is 6.44. The van der Waals surface area contributed by atoms with Crippen molar-refractivity contribution in [1.82, 2.24) is 0 Å². The highest BCUT2D eigenvalue weighted by atomic mass is 16.7. The zero-order chi connectivity index (χ0) is 13.6. The average molecular weight is 266 g/mol. The van der Waals surface area contributed by atoms with Crippen molar-refractivity contribution in [2.75, 3.05) is 13.2 Å². The Labute approximate surface area is 119 Å². The Morgan fingerprint density at radius 3 is 2.58 bits per heavy atom. The van der Waals surface area contributed by atoms with Crippen LogP contribution in [-0.2, 0) is 9.47 Å². The lowest BCUT2D eigenvalue weighted by Gasteiger charge is -2.22. The van der Waals surface area contributed by atoms with Crippen LogP contribution in [0, 0.1) is 11.8 Å². The van der Waals surface area contributed by atoms with Crippen molar-refractivity contribution in [2.24, 2.45) is 0 Å². The molecule has 1 atom stereocenters. The molecule has 1 fully saturated rings. The van der Waals surface area contributed by atoms with Gasteiger partial charge in [0.05, 0.1) is 0 Å². The predicted molar refractivity (Wildman–Crippen MR) is 79.9 cm³/mol. The van der Waals surface area contributed by atoms with Crippen LogP contribution in [0.4, 0.5) is 0 Å². The molecule has 0 amide bonds. The van der Waals surface area contributed by atoms with E-state index in [1.807, 2.05) is 0 Å². The van der Waals surface area contributed by atoms with Crippen molar-refractivity contribution in [3.05, 3.63) is 0 Å². The van der Waals surface area contributed by atoms with Gasteiger partial charge < -0.3 is 9.47 Å². The normalized spacial score (nSPS) is 18.9. The Hall–Kier alpha value is -0.520. The van der Waals surface area contributed by atoms with E-state index >= 15 is 0 Å². The number of rotatable bonds is 9. The third kappa shape index (κ3) is 9.99. The van der Waals surface area contributed by atoms with Gasteiger partial charge >= 0.3 is 0 Å². The van der Waals surface area contributed by atoms with Gasteiger partial charge in [0.2, 0.25) is 0 Å². The zero-order valence-electron chi connectivity index (χ0n) is 12.6. The molecule has 2 nitrogen and oxygen atoms in total. The second-order valence-corrected chi connectivity index (χ2v) is 5.29. The molecule has 0 spiro atoms. The van der Waals surface area contributed by atoms with Gasteiger partial charge in [0, 0.05) is 26.1 Å². The number of unbranched alkanes of at least 4 members (excludes halogenated alkanes) is 6. The van der Waals surface area contributed by atoms with E-state index in [0.717, 1.165) is 32.5 Å². The highest BCUT2D eigenvalue weighted by Gasteiger charge is 2.13. The molecule has 2 heteroatoms. The molecule has 0 aromatic carbocycles. The van der Waals surface area contributed by atoms with Gasteiger partial charge in [-0.05, 0) is 38.5 Å². The Bertz CT molecular complexity index is 246. The third-order valence-corrected chi connectivity index (χ3v) is 3.39. The molecular weight excluding hydrogens is 236 g/mol. The molecule has 110 valence electrons. The first-order chi connectivity index (χ1) is 9.43. The van der Waals surface area contributed by atoms with Crippen LogP contribution in [0.5, 0.6) is 0 Å². The molecule has 0 aliphatic carbocycles. The van der Waals surface area contributed by atoms with Crippen molar-refractivity contribution in [1.29, 1.82) is 0 Å². The molecule has 1 heterocycles. The zero-order valence-corrected chi connectivity index (χ0v) is 12.6. The molecule has 0 N–H and O–H groups in total. The quantitative estimate of drug-likeness (QED) is 0.446. The molecule has 0 radical (unpaired) electrons. The van der Waals surface area contributed by atoms with Crippen molar-refractivity contribution < 1.29 is 9.47 Å². The van der Waals surface area contributed by atoms with Crippen molar-refractivity contribution >= 4 is 0 Å². The van der Waals surface area contributed by atoms with E-state index in [9.17, 15) is 0 Å². The molecule has 1 unspecified atom stereocenters. The lowest BCUT2D eigenvalue weighted by Crippen LogP contribution is -2.22. The summed E-state index contributed by atoms with van der Waals surface area (Å²) >= 11 is 0. The van der Waals surface area contributed by atoms with Crippen molar-refractivity contribution in [2.45, 2.75) is 83.8 Å². The SMILES string of the molecule is CCCC#CCCCCCCCOC1CCCCO1. The summed E-state index contributed by atoms with van der Waals surface area (Å²) in [5.41, 5.74) is 0. The first kappa shape index (κ1) is 16.5. The molecule has 0 aromatic heterocycles. The highest BCUT2D eigenvalue weighted by molar-refractivity contribution is 4.98. The minimum Gasteiger partial charge on any atom is -0.353 e. The number of hydrogen-bond donors (Lipinski definition) is 0. The van der Waals surface area contributed by atoms with Gasteiger partial charge in [0.1, 0.15) is 0 Å². The molecule has 0 saturated carbocycles. The smallest absolute Gasteiger partial charge is 0.157 e. The lowest BCUT2D eigenvalue weighted by molar-refractivity contribution is -0.162. The van der Waals surface area contributed by atoms with Crippen LogP contribution in [0.1, 0.15) is 77.6 Å². The van der Waals surface area contributed by atoms with Gasteiger partial charge in [-0.3, -0.25) is 0 Å². The van der Waals surface area contributed by atoms with E-state index in [0.29, 0.717) is 0 Å². The van der Waals surface area contributed by atoms with Crippen LogP contribution in [0.3, 0.4) is 0 Å². The van der Waals surface area contributed by atoms with Crippen LogP contribution >= 0.6 is 0 Å². The van der Waals surface area contributed by atoms with Crippen LogP contribution < -0.4 is 0 Å². The van der Waals surface area contributed by atoms with Gasteiger partial charge in [-0.2, -0.15) is 0 Å². The Morgan fingerprint density at radius 2 is 1.79 bits per heavy atom. The predicted octanol–water partition coefficient (Wildman–Crippen LogP) is 4.67. The van der Waals surface area contributed by atoms with E-state index in [-0.39, 0.29) is 6.29 Å². The number of ether oxygens (including phenoxy) is 2. The monoisotopic (exact) mass is 266 g/mol. The van der Waals surface area contributed by atoms with Gasteiger partial charge in [0.15, 0.2) is 6.29 Å². The Balaban J connectivity index is 1.77. The minimum absolute atomic E-state index is 0.0857. The maximum absolute atomic E-state index is 5.71. The Morgan fingerprint density at radius 1 is 1.00 bits per heavy atom. The summed E-state index contributed by atoms with van der Waals surface area (Å²) in [4.78, 5) is 0. The van der Waals surface area contributed by atoms with Crippen LogP contribution in [0.15, 0.2) is 0 Å². The summed E-state index contributed by atoms with van der Waals surface area (Å²) in [7, 11) is 0. The minimum atomic E-state index is 0.0857. The van der Waals surface area contributed by atoms with Gasteiger partial charge in [-0.25, -0.2) is 0 Å². The second kappa shape index (κ2) is 12.5. The maximum atomic E-state index is 5.71. The molecule has 1 saturated heterocycles. The first-order valence-electron chi connectivity index (χ1n) is 8.12. The summed E-state index contributed by atoms with van der Waals surface area (Å²) < 4.78 is 11.2. The first-order valence-corrected chi connectivity index (χ1v) is 8.12. The van der Waals surface area contributed by atoms with Gasteiger partial charge in [0.25, 0.3) is 0 Å². The van der Waals surface area contributed by atoms with Gasteiger partial charge in [-0.15, -0.1) is 11.8 Å². The molecule has 0 aromatic rings. The van der Waals surface area contributed by atoms with E-state index in [4.69, 9.17) is 9.47 Å².